The van der Waals surface area contributed by atoms with Crippen molar-refractivity contribution in [2.45, 2.75) is 6.54 Å². The van der Waals surface area contributed by atoms with Gasteiger partial charge in [0.1, 0.15) is 17.2 Å². The van der Waals surface area contributed by atoms with E-state index in [1.165, 1.54) is 11.3 Å². The van der Waals surface area contributed by atoms with Crippen LogP contribution in [0.4, 0.5) is 5.13 Å². The van der Waals surface area contributed by atoms with Gasteiger partial charge in [0.2, 0.25) is 0 Å². The number of methoxy groups -OCH3 is 2. The minimum Gasteiger partial charge on any atom is -0.497 e. The van der Waals surface area contributed by atoms with Crippen molar-refractivity contribution in [3.8, 4) is 17.2 Å². The first-order valence-electron chi connectivity index (χ1n) is 9.57. The SMILES string of the molecule is COc1ccc(OCC(=O)N(Cc2cccnc2)c2nc3cc(OC)ccc3s2)cc1. The van der Waals surface area contributed by atoms with E-state index in [0.717, 1.165) is 27.3 Å². The molecule has 0 aliphatic carbocycles. The molecule has 4 aromatic rings. The van der Waals surface area contributed by atoms with Crippen LogP contribution in [-0.2, 0) is 11.3 Å². The number of aromatic nitrogens is 2. The zero-order valence-corrected chi connectivity index (χ0v) is 18.0. The Morgan fingerprint density at radius 3 is 2.45 bits per heavy atom. The monoisotopic (exact) mass is 435 g/mol. The van der Waals surface area contributed by atoms with Gasteiger partial charge in [0.25, 0.3) is 5.91 Å². The molecule has 1 amide bonds. The van der Waals surface area contributed by atoms with E-state index in [4.69, 9.17) is 14.2 Å². The van der Waals surface area contributed by atoms with E-state index in [9.17, 15) is 4.79 Å². The molecule has 0 atom stereocenters. The van der Waals surface area contributed by atoms with Gasteiger partial charge in [-0.25, -0.2) is 4.98 Å². The van der Waals surface area contributed by atoms with Crippen molar-refractivity contribution in [1.82, 2.24) is 9.97 Å². The number of amides is 1. The van der Waals surface area contributed by atoms with E-state index in [2.05, 4.69) is 9.97 Å². The van der Waals surface area contributed by atoms with Crippen molar-refractivity contribution in [2.24, 2.45) is 0 Å². The van der Waals surface area contributed by atoms with Crippen molar-refractivity contribution in [2.75, 3.05) is 25.7 Å². The largest absolute Gasteiger partial charge is 0.497 e. The Bertz CT molecular complexity index is 1160. The lowest BCUT2D eigenvalue weighted by atomic mass is 10.2. The molecule has 0 aliphatic rings. The Morgan fingerprint density at radius 2 is 1.74 bits per heavy atom. The molecule has 0 spiro atoms. The predicted octanol–water partition coefficient (Wildman–Crippen LogP) is 4.32. The van der Waals surface area contributed by atoms with Crippen molar-refractivity contribution in [3.05, 3.63) is 72.6 Å². The molecule has 2 aromatic heterocycles. The minimum atomic E-state index is -0.203. The number of carbonyl (C=O) groups excluding carboxylic acids is 1. The fourth-order valence-electron chi connectivity index (χ4n) is 2.97. The lowest BCUT2D eigenvalue weighted by Gasteiger charge is -2.20. The van der Waals surface area contributed by atoms with Crippen LogP contribution in [0.5, 0.6) is 17.2 Å². The molecule has 0 saturated carbocycles. The molecule has 2 aromatic carbocycles. The number of benzene rings is 2. The molecule has 0 saturated heterocycles. The number of rotatable bonds is 8. The highest BCUT2D eigenvalue weighted by Crippen LogP contribution is 2.32. The molecule has 31 heavy (non-hydrogen) atoms. The molecule has 0 fully saturated rings. The van der Waals surface area contributed by atoms with Gasteiger partial charge in [0, 0.05) is 18.5 Å². The number of pyridine rings is 1. The number of thiazole rings is 1. The van der Waals surface area contributed by atoms with E-state index in [1.54, 1.807) is 55.8 Å². The summed E-state index contributed by atoms with van der Waals surface area (Å²) in [5, 5.41) is 0.593. The summed E-state index contributed by atoms with van der Waals surface area (Å²) >= 11 is 1.44. The molecular weight excluding hydrogens is 414 g/mol. The highest BCUT2D eigenvalue weighted by molar-refractivity contribution is 7.22. The quantitative estimate of drug-likeness (QED) is 0.410. The summed E-state index contributed by atoms with van der Waals surface area (Å²) < 4.78 is 17.1. The van der Waals surface area contributed by atoms with Crippen LogP contribution in [0.2, 0.25) is 0 Å². The Kier molecular flexibility index (Phi) is 6.28. The first-order chi connectivity index (χ1) is 15.2. The molecule has 0 N–H and O–H groups in total. The summed E-state index contributed by atoms with van der Waals surface area (Å²) in [5.74, 6) is 1.83. The van der Waals surface area contributed by atoms with Gasteiger partial charge in [0.15, 0.2) is 11.7 Å². The van der Waals surface area contributed by atoms with E-state index in [-0.39, 0.29) is 12.5 Å². The molecule has 0 radical (unpaired) electrons. The first kappa shape index (κ1) is 20.6. The number of hydrogen-bond donors (Lipinski definition) is 0. The van der Waals surface area contributed by atoms with Gasteiger partial charge in [-0.2, -0.15) is 0 Å². The summed E-state index contributed by atoms with van der Waals surface area (Å²) in [6.07, 6.45) is 3.44. The first-order valence-corrected chi connectivity index (χ1v) is 10.4. The van der Waals surface area contributed by atoms with Gasteiger partial charge in [-0.1, -0.05) is 17.4 Å². The zero-order chi connectivity index (χ0) is 21.6. The Morgan fingerprint density at radius 1 is 1.00 bits per heavy atom. The molecular formula is C23H21N3O4S. The molecule has 4 rings (SSSR count). The second-order valence-corrected chi connectivity index (χ2v) is 7.64. The lowest BCUT2D eigenvalue weighted by Crippen LogP contribution is -2.34. The standard InChI is InChI=1S/C23H21N3O4S/c1-28-17-5-7-18(8-6-17)30-15-22(27)26(14-16-4-3-11-24-13-16)23-25-20-12-19(29-2)9-10-21(20)31-23/h3-13H,14-15H2,1-2H3. The summed E-state index contributed by atoms with van der Waals surface area (Å²) in [4.78, 5) is 23.6. The van der Waals surface area contributed by atoms with Gasteiger partial charge in [-0.15, -0.1) is 0 Å². The fraction of sp³-hybridized carbons (Fsp3) is 0.174. The van der Waals surface area contributed by atoms with E-state index >= 15 is 0 Å². The van der Waals surface area contributed by atoms with E-state index < -0.39 is 0 Å². The molecule has 158 valence electrons. The highest BCUT2D eigenvalue weighted by Gasteiger charge is 2.21. The van der Waals surface area contributed by atoms with Crippen molar-refractivity contribution in [3.63, 3.8) is 0 Å². The van der Waals surface area contributed by atoms with Crippen LogP contribution in [0.3, 0.4) is 0 Å². The number of nitrogens with zero attached hydrogens (tertiary/aromatic N) is 3. The van der Waals surface area contributed by atoms with Crippen LogP contribution < -0.4 is 19.1 Å². The molecule has 7 nitrogen and oxygen atoms in total. The molecule has 0 aliphatic heterocycles. The highest BCUT2D eigenvalue weighted by atomic mass is 32.1. The summed E-state index contributed by atoms with van der Waals surface area (Å²) in [6.45, 7) is 0.224. The summed E-state index contributed by atoms with van der Waals surface area (Å²) in [6, 6.07) is 16.5. The van der Waals surface area contributed by atoms with Crippen LogP contribution in [0, 0.1) is 0 Å². The molecule has 8 heteroatoms. The predicted molar refractivity (Wildman–Crippen MR) is 120 cm³/mol. The number of fused-ring (bicyclic) bond motifs is 1. The maximum Gasteiger partial charge on any atom is 0.267 e. The van der Waals surface area contributed by atoms with Gasteiger partial charge < -0.3 is 14.2 Å². The van der Waals surface area contributed by atoms with Crippen LogP contribution in [0.25, 0.3) is 10.2 Å². The molecule has 0 bridgehead atoms. The summed E-state index contributed by atoms with van der Waals surface area (Å²) in [5.41, 5.74) is 1.68. The number of ether oxygens (including phenoxy) is 3. The van der Waals surface area contributed by atoms with Crippen LogP contribution >= 0.6 is 11.3 Å². The maximum atomic E-state index is 13.1. The fourth-order valence-corrected chi connectivity index (χ4v) is 3.93. The van der Waals surface area contributed by atoms with Gasteiger partial charge in [-0.05, 0) is 48.0 Å². The number of anilines is 1. The van der Waals surface area contributed by atoms with E-state index in [1.807, 2.05) is 30.3 Å². The Balaban J connectivity index is 1.58. The van der Waals surface area contributed by atoms with Crippen LogP contribution in [0.1, 0.15) is 5.56 Å². The van der Waals surface area contributed by atoms with Crippen LogP contribution in [-0.4, -0.2) is 36.7 Å². The molecule has 2 heterocycles. The van der Waals surface area contributed by atoms with Crippen molar-refractivity contribution in [1.29, 1.82) is 0 Å². The average molecular weight is 436 g/mol. The van der Waals surface area contributed by atoms with Gasteiger partial charge in [0.05, 0.1) is 31.0 Å². The third-order valence-electron chi connectivity index (χ3n) is 4.60. The summed E-state index contributed by atoms with van der Waals surface area (Å²) in [7, 11) is 3.21. The normalized spacial score (nSPS) is 10.6. The lowest BCUT2D eigenvalue weighted by molar-refractivity contribution is -0.120. The third-order valence-corrected chi connectivity index (χ3v) is 5.66. The second kappa shape index (κ2) is 9.44. The number of carbonyl (C=O) groups is 1. The average Bonchev–Trinajstić information content (AvgIpc) is 3.25. The van der Waals surface area contributed by atoms with Crippen molar-refractivity contribution >= 4 is 32.6 Å². The van der Waals surface area contributed by atoms with Gasteiger partial charge in [-0.3, -0.25) is 14.7 Å². The topological polar surface area (TPSA) is 73.8 Å². The Labute approximate surface area is 183 Å². The minimum absolute atomic E-state index is 0.119. The van der Waals surface area contributed by atoms with Gasteiger partial charge >= 0.3 is 0 Å². The van der Waals surface area contributed by atoms with Crippen molar-refractivity contribution < 1.29 is 19.0 Å². The number of hydrogen-bond acceptors (Lipinski definition) is 7. The smallest absolute Gasteiger partial charge is 0.267 e. The zero-order valence-electron chi connectivity index (χ0n) is 17.1. The third kappa shape index (κ3) is 4.92. The maximum absolute atomic E-state index is 13.1. The Hall–Kier alpha value is -3.65. The molecule has 0 unspecified atom stereocenters. The second-order valence-electron chi connectivity index (χ2n) is 6.64. The van der Waals surface area contributed by atoms with Crippen LogP contribution in [0.15, 0.2) is 67.0 Å². The van der Waals surface area contributed by atoms with E-state index in [0.29, 0.717) is 17.4 Å².